The molecular formula is C16H17BrFN3. The largest absolute Gasteiger partial charge is 0.352 e. The second-order valence-corrected chi connectivity index (χ2v) is 5.45. The zero-order chi connectivity index (χ0) is 15.1. The highest BCUT2D eigenvalue weighted by atomic mass is 79.9. The van der Waals surface area contributed by atoms with Gasteiger partial charge < -0.3 is 10.6 Å². The number of rotatable bonds is 4. The number of hydrogen-bond donors (Lipinski definition) is 2. The summed E-state index contributed by atoms with van der Waals surface area (Å²) in [5.74, 6) is 0.485. The van der Waals surface area contributed by atoms with Gasteiger partial charge in [0, 0.05) is 24.6 Å². The molecule has 2 aromatic carbocycles. The van der Waals surface area contributed by atoms with Gasteiger partial charge in [0.15, 0.2) is 5.96 Å². The van der Waals surface area contributed by atoms with Crippen molar-refractivity contribution in [2.45, 2.75) is 13.1 Å². The topological polar surface area (TPSA) is 36.4 Å². The van der Waals surface area contributed by atoms with Gasteiger partial charge in [0.1, 0.15) is 5.82 Å². The van der Waals surface area contributed by atoms with Crippen molar-refractivity contribution < 1.29 is 4.39 Å². The zero-order valence-corrected chi connectivity index (χ0v) is 13.3. The minimum absolute atomic E-state index is 0.225. The first-order valence-corrected chi connectivity index (χ1v) is 7.40. The Hall–Kier alpha value is -1.88. The molecule has 0 saturated heterocycles. The molecule has 0 unspecified atom stereocenters. The molecule has 0 heterocycles. The average Bonchev–Trinajstić information content (AvgIpc) is 2.51. The summed E-state index contributed by atoms with van der Waals surface area (Å²) >= 11 is 3.41. The molecule has 0 atom stereocenters. The van der Waals surface area contributed by atoms with E-state index in [2.05, 4.69) is 31.6 Å². The van der Waals surface area contributed by atoms with Crippen LogP contribution in [0.5, 0.6) is 0 Å². The van der Waals surface area contributed by atoms with Crippen LogP contribution in [0.1, 0.15) is 11.1 Å². The Morgan fingerprint density at radius 2 is 1.43 bits per heavy atom. The third kappa shape index (κ3) is 5.19. The van der Waals surface area contributed by atoms with Crippen LogP contribution in [0.2, 0.25) is 0 Å². The molecule has 0 spiro atoms. The third-order valence-electron chi connectivity index (χ3n) is 2.97. The number of nitrogens with zero attached hydrogens (tertiary/aromatic N) is 1. The lowest BCUT2D eigenvalue weighted by Crippen LogP contribution is -2.36. The molecule has 5 heteroatoms. The van der Waals surface area contributed by atoms with Gasteiger partial charge in [0.2, 0.25) is 0 Å². The van der Waals surface area contributed by atoms with E-state index in [0.717, 1.165) is 10.0 Å². The number of benzene rings is 2. The van der Waals surface area contributed by atoms with Crippen LogP contribution in [0, 0.1) is 5.82 Å². The Morgan fingerprint density at radius 1 is 0.952 bits per heavy atom. The predicted molar refractivity (Wildman–Crippen MR) is 87.6 cm³/mol. The molecule has 2 rings (SSSR count). The first-order valence-electron chi connectivity index (χ1n) is 6.61. The highest BCUT2D eigenvalue weighted by Gasteiger charge is 1.99. The summed E-state index contributed by atoms with van der Waals surface area (Å²) in [5, 5.41) is 6.43. The lowest BCUT2D eigenvalue weighted by atomic mass is 10.2. The summed E-state index contributed by atoms with van der Waals surface area (Å²) in [7, 11) is 1.72. The van der Waals surface area contributed by atoms with Crippen molar-refractivity contribution in [3.63, 3.8) is 0 Å². The van der Waals surface area contributed by atoms with Crippen molar-refractivity contribution in [2.75, 3.05) is 7.05 Å². The summed E-state index contributed by atoms with van der Waals surface area (Å²) in [6.07, 6.45) is 0. The van der Waals surface area contributed by atoms with Gasteiger partial charge in [-0.2, -0.15) is 0 Å². The maximum absolute atomic E-state index is 12.8. The maximum Gasteiger partial charge on any atom is 0.191 e. The van der Waals surface area contributed by atoms with Gasteiger partial charge in [-0.25, -0.2) is 4.39 Å². The van der Waals surface area contributed by atoms with E-state index in [9.17, 15) is 4.39 Å². The summed E-state index contributed by atoms with van der Waals surface area (Å²) in [5.41, 5.74) is 2.17. The number of nitrogens with one attached hydrogen (secondary N) is 2. The molecule has 0 radical (unpaired) electrons. The van der Waals surface area contributed by atoms with Crippen LogP contribution < -0.4 is 10.6 Å². The van der Waals surface area contributed by atoms with E-state index in [1.165, 1.54) is 17.7 Å². The fraction of sp³-hybridized carbons (Fsp3) is 0.188. The minimum atomic E-state index is -0.225. The molecule has 0 amide bonds. The SMILES string of the molecule is CN=C(NCc1ccc(F)cc1)NCc1ccc(Br)cc1. The first kappa shape index (κ1) is 15.5. The molecule has 0 aliphatic rings. The molecule has 0 fully saturated rings. The fourth-order valence-electron chi connectivity index (χ4n) is 1.80. The van der Waals surface area contributed by atoms with Gasteiger partial charge in [-0.1, -0.05) is 40.2 Å². The smallest absolute Gasteiger partial charge is 0.191 e. The van der Waals surface area contributed by atoms with Gasteiger partial charge in [0.25, 0.3) is 0 Å². The number of guanidine groups is 1. The standard InChI is InChI=1S/C16H17BrFN3/c1-19-16(20-10-12-2-6-14(17)7-3-12)21-11-13-4-8-15(18)9-5-13/h2-9H,10-11H2,1H3,(H2,19,20,21). The molecule has 21 heavy (non-hydrogen) atoms. The van der Waals surface area contributed by atoms with Crippen LogP contribution in [0.4, 0.5) is 4.39 Å². The Morgan fingerprint density at radius 3 is 1.90 bits per heavy atom. The number of halogens is 2. The lowest BCUT2D eigenvalue weighted by molar-refractivity contribution is 0.626. The van der Waals surface area contributed by atoms with Crippen LogP contribution in [0.25, 0.3) is 0 Å². The fourth-order valence-corrected chi connectivity index (χ4v) is 2.06. The van der Waals surface area contributed by atoms with E-state index in [1.54, 1.807) is 19.2 Å². The van der Waals surface area contributed by atoms with Crippen molar-refractivity contribution in [3.8, 4) is 0 Å². The minimum Gasteiger partial charge on any atom is -0.352 e. The van der Waals surface area contributed by atoms with Gasteiger partial charge in [-0.15, -0.1) is 0 Å². The van der Waals surface area contributed by atoms with Crippen LogP contribution in [-0.2, 0) is 13.1 Å². The third-order valence-corrected chi connectivity index (χ3v) is 3.50. The van der Waals surface area contributed by atoms with Gasteiger partial charge in [0.05, 0.1) is 0 Å². The normalized spacial score (nSPS) is 11.3. The molecule has 110 valence electrons. The van der Waals surface area contributed by atoms with Gasteiger partial charge in [-0.05, 0) is 35.4 Å². The van der Waals surface area contributed by atoms with Crippen molar-refractivity contribution in [1.82, 2.24) is 10.6 Å². The van der Waals surface area contributed by atoms with Crippen LogP contribution >= 0.6 is 15.9 Å². The Bertz CT molecular complexity index is 542. The molecule has 0 aliphatic heterocycles. The summed E-state index contributed by atoms with van der Waals surface area (Å²) in [6, 6.07) is 14.5. The van der Waals surface area contributed by atoms with Crippen LogP contribution in [0.15, 0.2) is 58.0 Å². The average molecular weight is 350 g/mol. The molecule has 0 bridgehead atoms. The van der Waals surface area contributed by atoms with E-state index < -0.39 is 0 Å². The molecule has 0 aliphatic carbocycles. The maximum atomic E-state index is 12.8. The van der Waals surface area contributed by atoms with E-state index in [0.29, 0.717) is 19.0 Å². The second-order valence-electron chi connectivity index (χ2n) is 4.53. The van der Waals surface area contributed by atoms with Crippen molar-refractivity contribution in [2.24, 2.45) is 4.99 Å². The first-order chi connectivity index (χ1) is 10.2. The Kier molecular flexibility index (Phi) is 5.75. The van der Waals surface area contributed by atoms with Crippen molar-refractivity contribution in [1.29, 1.82) is 0 Å². The Labute approximate surface area is 132 Å². The van der Waals surface area contributed by atoms with Crippen molar-refractivity contribution in [3.05, 3.63) is 69.9 Å². The van der Waals surface area contributed by atoms with E-state index >= 15 is 0 Å². The monoisotopic (exact) mass is 349 g/mol. The second kappa shape index (κ2) is 7.78. The molecule has 3 nitrogen and oxygen atoms in total. The van der Waals surface area contributed by atoms with Crippen LogP contribution in [0.3, 0.4) is 0 Å². The molecule has 0 saturated carbocycles. The molecule has 2 N–H and O–H groups in total. The van der Waals surface area contributed by atoms with Gasteiger partial charge in [-0.3, -0.25) is 4.99 Å². The summed E-state index contributed by atoms with van der Waals surface area (Å²) in [6.45, 7) is 1.29. The molecule has 0 aromatic heterocycles. The predicted octanol–water partition coefficient (Wildman–Crippen LogP) is 3.45. The molecular weight excluding hydrogens is 333 g/mol. The summed E-state index contributed by atoms with van der Waals surface area (Å²) < 4.78 is 13.9. The Balaban J connectivity index is 1.83. The molecule has 2 aromatic rings. The highest BCUT2D eigenvalue weighted by molar-refractivity contribution is 9.10. The van der Waals surface area contributed by atoms with Crippen LogP contribution in [-0.4, -0.2) is 13.0 Å². The highest BCUT2D eigenvalue weighted by Crippen LogP contribution is 2.10. The zero-order valence-electron chi connectivity index (χ0n) is 11.7. The van der Waals surface area contributed by atoms with E-state index in [4.69, 9.17) is 0 Å². The summed E-state index contributed by atoms with van der Waals surface area (Å²) in [4.78, 5) is 4.16. The quantitative estimate of drug-likeness (QED) is 0.655. The van der Waals surface area contributed by atoms with E-state index in [-0.39, 0.29) is 5.82 Å². The van der Waals surface area contributed by atoms with Gasteiger partial charge >= 0.3 is 0 Å². The number of aliphatic imine (C=N–C) groups is 1. The van der Waals surface area contributed by atoms with E-state index in [1.807, 2.05) is 24.3 Å². The number of hydrogen-bond acceptors (Lipinski definition) is 1. The van der Waals surface area contributed by atoms with Crippen molar-refractivity contribution >= 4 is 21.9 Å². The lowest BCUT2D eigenvalue weighted by Gasteiger charge is -2.12.